The number of thioether (sulfide) groups is 1. The molecule has 0 aromatic rings. The third kappa shape index (κ3) is 12.3. The summed E-state index contributed by atoms with van der Waals surface area (Å²) >= 11 is 1.99. The molecule has 0 saturated carbocycles. The van der Waals surface area contributed by atoms with Crippen LogP contribution in [0.5, 0.6) is 0 Å². The summed E-state index contributed by atoms with van der Waals surface area (Å²) in [4.78, 5) is 0. The first-order valence-electron chi connectivity index (χ1n) is 5.63. The normalized spacial score (nSPS) is 11.1. The van der Waals surface area contributed by atoms with E-state index < -0.39 is 0 Å². The molecule has 3 heteroatoms. The van der Waals surface area contributed by atoms with E-state index in [-0.39, 0.29) is 0 Å². The van der Waals surface area contributed by atoms with Gasteiger partial charge in [0.2, 0.25) is 0 Å². The minimum Gasteiger partial charge on any atom is -0.381 e. The molecular formula is C11H25NOS. The van der Waals surface area contributed by atoms with E-state index in [0.29, 0.717) is 5.92 Å². The summed E-state index contributed by atoms with van der Waals surface area (Å²) in [5.74, 6) is 3.10. The first kappa shape index (κ1) is 14.3. The fourth-order valence-electron chi connectivity index (χ4n) is 1.03. The van der Waals surface area contributed by atoms with E-state index >= 15 is 0 Å². The van der Waals surface area contributed by atoms with Crippen LogP contribution in [0.4, 0.5) is 0 Å². The molecule has 0 aliphatic rings. The molecule has 0 aliphatic carbocycles. The van der Waals surface area contributed by atoms with Crippen molar-refractivity contribution in [2.75, 3.05) is 37.8 Å². The lowest BCUT2D eigenvalue weighted by Gasteiger charge is -2.07. The maximum Gasteiger partial charge on any atom is 0.0489 e. The Morgan fingerprint density at radius 2 is 2.07 bits per heavy atom. The van der Waals surface area contributed by atoms with Crippen LogP contribution in [0.2, 0.25) is 0 Å². The summed E-state index contributed by atoms with van der Waals surface area (Å²) in [6, 6.07) is 0. The molecule has 0 heterocycles. The molecule has 86 valence electrons. The van der Waals surface area contributed by atoms with Crippen molar-refractivity contribution in [1.82, 2.24) is 5.32 Å². The lowest BCUT2D eigenvalue weighted by molar-refractivity contribution is 0.108. The van der Waals surface area contributed by atoms with Crippen LogP contribution in [0.25, 0.3) is 0 Å². The van der Waals surface area contributed by atoms with Gasteiger partial charge in [0.1, 0.15) is 0 Å². The molecule has 0 atom stereocenters. The zero-order valence-electron chi connectivity index (χ0n) is 9.84. The zero-order valence-corrected chi connectivity index (χ0v) is 10.7. The zero-order chi connectivity index (χ0) is 10.6. The van der Waals surface area contributed by atoms with Gasteiger partial charge < -0.3 is 10.1 Å². The van der Waals surface area contributed by atoms with Gasteiger partial charge in [0.15, 0.2) is 0 Å². The van der Waals surface area contributed by atoms with Crippen LogP contribution in [0.15, 0.2) is 0 Å². The van der Waals surface area contributed by atoms with Gasteiger partial charge in [-0.1, -0.05) is 20.8 Å². The average molecular weight is 219 g/mol. The predicted molar refractivity (Wildman–Crippen MR) is 66.1 cm³/mol. The van der Waals surface area contributed by atoms with Crippen LogP contribution in [-0.2, 0) is 4.74 Å². The Balaban J connectivity index is 2.85. The van der Waals surface area contributed by atoms with Crippen molar-refractivity contribution in [3.8, 4) is 0 Å². The van der Waals surface area contributed by atoms with E-state index in [4.69, 9.17) is 4.74 Å². The Morgan fingerprint density at radius 3 is 2.71 bits per heavy atom. The van der Waals surface area contributed by atoms with Gasteiger partial charge in [0, 0.05) is 25.5 Å². The Hall–Kier alpha value is 0.270. The molecule has 0 rings (SSSR count). The first-order valence-corrected chi connectivity index (χ1v) is 6.79. The second-order valence-electron chi connectivity index (χ2n) is 3.77. The van der Waals surface area contributed by atoms with Crippen molar-refractivity contribution in [2.24, 2.45) is 5.92 Å². The van der Waals surface area contributed by atoms with Gasteiger partial charge in [0.25, 0.3) is 0 Å². The fraction of sp³-hybridized carbons (Fsp3) is 1.00. The molecule has 0 spiro atoms. The van der Waals surface area contributed by atoms with Crippen molar-refractivity contribution in [3.05, 3.63) is 0 Å². The topological polar surface area (TPSA) is 21.3 Å². The van der Waals surface area contributed by atoms with Crippen molar-refractivity contribution in [3.63, 3.8) is 0 Å². The van der Waals surface area contributed by atoms with Gasteiger partial charge in [-0.2, -0.15) is 11.8 Å². The second kappa shape index (κ2) is 11.3. The Bertz CT molecular complexity index is 109. The van der Waals surface area contributed by atoms with Gasteiger partial charge in [-0.15, -0.1) is 0 Å². The molecule has 0 aromatic heterocycles. The Morgan fingerprint density at radius 1 is 1.29 bits per heavy atom. The molecule has 2 nitrogen and oxygen atoms in total. The highest BCUT2D eigenvalue weighted by Gasteiger charge is 1.93. The lowest BCUT2D eigenvalue weighted by atomic mass is 10.2. The van der Waals surface area contributed by atoms with E-state index in [2.05, 4.69) is 26.1 Å². The average Bonchev–Trinajstić information content (AvgIpc) is 2.15. The molecule has 0 aliphatic heterocycles. The molecule has 14 heavy (non-hydrogen) atoms. The van der Waals surface area contributed by atoms with Crippen molar-refractivity contribution >= 4 is 11.8 Å². The predicted octanol–water partition coefficient (Wildman–Crippen LogP) is 2.39. The summed E-state index contributed by atoms with van der Waals surface area (Å²) in [7, 11) is 0. The molecule has 0 unspecified atom stereocenters. The highest BCUT2D eigenvalue weighted by atomic mass is 32.2. The SMILES string of the molecule is CCSCCNCCCOCC(C)C. The van der Waals surface area contributed by atoms with Gasteiger partial charge in [-0.3, -0.25) is 0 Å². The van der Waals surface area contributed by atoms with Crippen LogP contribution >= 0.6 is 11.8 Å². The number of hydrogen-bond acceptors (Lipinski definition) is 3. The molecule has 0 aromatic carbocycles. The molecule has 0 radical (unpaired) electrons. The van der Waals surface area contributed by atoms with Crippen molar-refractivity contribution in [1.29, 1.82) is 0 Å². The minimum absolute atomic E-state index is 0.656. The maximum atomic E-state index is 5.48. The lowest BCUT2D eigenvalue weighted by Crippen LogP contribution is -2.20. The van der Waals surface area contributed by atoms with Crippen molar-refractivity contribution < 1.29 is 4.74 Å². The van der Waals surface area contributed by atoms with Crippen LogP contribution in [-0.4, -0.2) is 37.8 Å². The van der Waals surface area contributed by atoms with E-state index in [1.165, 1.54) is 11.5 Å². The monoisotopic (exact) mass is 219 g/mol. The third-order valence-electron chi connectivity index (χ3n) is 1.72. The summed E-state index contributed by atoms with van der Waals surface area (Å²) in [6.07, 6.45) is 1.13. The number of nitrogens with one attached hydrogen (secondary N) is 1. The molecular weight excluding hydrogens is 194 g/mol. The highest BCUT2D eigenvalue weighted by Crippen LogP contribution is 1.95. The highest BCUT2D eigenvalue weighted by molar-refractivity contribution is 7.99. The standard InChI is InChI=1S/C11H25NOS/c1-4-14-9-7-12-6-5-8-13-10-11(2)3/h11-12H,4-10H2,1-3H3. The molecule has 0 fully saturated rings. The summed E-state index contributed by atoms with van der Waals surface area (Å²) in [5.41, 5.74) is 0. The fourth-order valence-corrected chi connectivity index (χ4v) is 1.61. The Labute approximate surface area is 93.2 Å². The quantitative estimate of drug-likeness (QED) is 0.570. The molecule has 1 N–H and O–H groups in total. The van der Waals surface area contributed by atoms with Crippen LogP contribution < -0.4 is 5.32 Å². The first-order chi connectivity index (χ1) is 6.77. The van der Waals surface area contributed by atoms with Gasteiger partial charge >= 0.3 is 0 Å². The Kier molecular flexibility index (Phi) is 11.6. The minimum atomic E-state index is 0.656. The maximum absolute atomic E-state index is 5.48. The van der Waals surface area contributed by atoms with Gasteiger partial charge in [0.05, 0.1) is 0 Å². The molecule has 0 saturated heterocycles. The summed E-state index contributed by atoms with van der Waals surface area (Å²) in [6.45, 7) is 10.6. The summed E-state index contributed by atoms with van der Waals surface area (Å²) < 4.78 is 5.48. The molecule has 0 amide bonds. The van der Waals surface area contributed by atoms with Gasteiger partial charge in [-0.25, -0.2) is 0 Å². The smallest absolute Gasteiger partial charge is 0.0489 e. The van der Waals surface area contributed by atoms with Crippen molar-refractivity contribution in [2.45, 2.75) is 27.2 Å². The summed E-state index contributed by atoms with van der Waals surface area (Å²) in [5, 5.41) is 3.41. The third-order valence-corrected chi connectivity index (χ3v) is 2.62. The van der Waals surface area contributed by atoms with Crippen LogP contribution in [0, 0.1) is 5.92 Å². The number of hydrogen-bond donors (Lipinski definition) is 1. The van der Waals surface area contributed by atoms with E-state index in [0.717, 1.165) is 32.7 Å². The number of ether oxygens (including phenoxy) is 1. The van der Waals surface area contributed by atoms with Crippen LogP contribution in [0.3, 0.4) is 0 Å². The van der Waals surface area contributed by atoms with E-state index in [1.54, 1.807) is 0 Å². The van der Waals surface area contributed by atoms with Crippen LogP contribution in [0.1, 0.15) is 27.2 Å². The largest absolute Gasteiger partial charge is 0.381 e. The van der Waals surface area contributed by atoms with E-state index in [9.17, 15) is 0 Å². The molecule has 0 bridgehead atoms. The second-order valence-corrected chi connectivity index (χ2v) is 5.16. The van der Waals surface area contributed by atoms with Gasteiger partial charge in [-0.05, 0) is 24.6 Å². The number of rotatable bonds is 10. The van der Waals surface area contributed by atoms with E-state index in [1.807, 2.05) is 11.8 Å².